The Balaban J connectivity index is 2.57. The van der Waals surface area contributed by atoms with Crippen LogP contribution < -0.4 is 10.5 Å². The van der Waals surface area contributed by atoms with Crippen LogP contribution in [-0.2, 0) is 0 Å². The fourth-order valence-electron chi connectivity index (χ4n) is 1.60. The number of nitrogens with zero attached hydrogens (tertiary/aromatic N) is 1. The largest absolute Gasteiger partial charge is 0.497 e. The summed E-state index contributed by atoms with van der Waals surface area (Å²) in [6.07, 6.45) is 1.62. The summed E-state index contributed by atoms with van der Waals surface area (Å²) < 4.78 is 18.8. The van der Waals surface area contributed by atoms with Crippen molar-refractivity contribution in [2.75, 3.05) is 12.8 Å². The molecule has 1 aromatic heterocycles. The topological polar surface area (TPSA) is 48.1 Å². The molecule has 0 saturated carbocycles. The molecule has 2 N–H and O–H groups in total. The summed E-state index contributed by atoms with van der Waals surface area (Å²) in [5.41, 5.74) is 8.11. The van der Waals surface area contributed by atoms with Gasteiger partial charge in [0.25, 0.3) is 0 Å². The van der Waals surface area contributed by atoms with Crippen LogP contribution in [-0.4, -0.2) is 12.1 Å². The molecule has 0 spiro atoms. The summed E-state index contributed by atoms with van der Waals surface area (Å²) in [5.74, 6) is 0.0756. The van der Waals surface area contributed by atoms with Crippen LogP contribution in [0.5, 0.6) is 5.75 Å². The number of rotatable bonds is 2. The lowest BCUT2D eigenvalue weighted by Gasteiger charge is -2.09. The van der Waals surface area contributed by atoms with Gasteiger partial charge in [-0.15, -0.1) is 0 Å². The third-order valence-corrected chi connectivity index (χ3v) is 2.64. The van der Waals surface area contributed by atoms with Crippen molar-refractivity contribution in [1.29, 1.82) is 0 Å². The van der Waals surface area contributed by atoms with Crippen molar-refractivity contribution in [2.24, 2.45) is 0 Å². The molecule has 3 nitrogen and oxygen atoms in total. The van der Waals surface area contributed by atoms with Crippen molar-refractivity contribution >= 4 is 5.69 Å². The molecule has 0 aliphatic heterocycles. The fraction of sp³-hybridized carbons (Fsp3) is 0.154. The number of nitrogens with two attached hydrogens (primary N) is 1. The number of hydrogen-bond acceptors (Lipinski definition) is 3. The van der Waals surface area contributed by atoms with Crippen LogP contribution in [0.15, 0.2) is 30.5 Å². The number of ether oxygens (including phenoxy) is 1. The Morgan fingerprint density at radius 1 is 1.29 bits per heavy atom. The van der Waals surface area contributed by atoms with Gasteiger partial charge in [-0.05, 0) is 30.7 Å². The first kappa shape index (κ1) is 11.4. The maximum absolute atomic E-state index is 13.9. The molecule has 0 bridgehead atoms. The van der Waals surface area contributed by atoms with Crippen LogP contribution in [0, 0.1) is 12.7 Å². The lowest BCUT2D eigenvalue weighted by atomic mass is 10.1. The van der Waals surface area contributed by atoms with Gasteiger partial charge in [0.05, 0.1) is 18.5 Å². The van der Waals surface area contributed by atoms with Gasteiger partial charge in [-0.1, -0.05) is 0 Å². The average Bonchev–Trinajstić information content (AvgIpc) is 2.33. The quantitative estimate of drug-likeness (QED) is 0.866. The second-order valence-electron chi connectivity index (χ2n) is 3.74. The van der Waals surface area contributed by atoms with Gasteiger partial charge in [0.15, 0.2) is 0 Å². The van der Waals surface area contributed by atoms with Gasteiger partial charge in [0.1, 0.15) is 11.6 Å². The summed E-state index contributed by atoms with van der Waals surface area (Å²) in [6, 6.07) is 6.41. The van der Waals surface area contributed by atoms with Crippen LogP contribution >= 0.6 is 0 Å². The van der Waals surface area contributed by atoms with Crippen LogP contribution in [0.1, 0.15) is 5.56 Å². The van der Waals surface area contributed by atoms with Gasteiger partial charge in [-0.2, -0.15) is 0 Å². The zero-order valence-corrected chi connectivity index (χ0v) is 9.70. The molecular weight excluding hydrogens is 219 g/mol. The van der Waals surface area contributed by atoms with E-state index in [1.807, 2.05) is 6.92 Å². The summed E-state index contributed by atoms with van der Waals surface area (Å²) in [6.45, 7) is 1.86. The third-order valence-electron chi connectivity index (χ3n) is 2.64. The molecule has 1 aromatic carbocycles. The minimum atomic E-state index is -0.394. The van der Waals surface area contributed by atoms with E-state index in [1.165, 1.54) is 13.2 Å². The zero-order chi connectivity index (χ0) is 12.4. The van der Waals surface area contributed by atoms with E-state index in [4.69, 9.17) is 10.5 Å². The molecule has 0 saturated heterocycles. The number of halogens is 1. The molecule has 0 aliphatic rings. The Morgan fingerprint density at radius 2 is 2.06 bits per heavy atom. The average molecular weight is 232 g/mol. The summed E-state index contributed by atoms with van der Waals surface area (Å²) in [4.78, 5) is 4.12. The first-order valence-electron chi connectivity index (χ1n) is 5.18. The van der Waals surface area contributed by atoms with Crippen molar-refractivity contribution in [3.05, 3.63) is 41.8 Å². The van der Waals surface area contributed by atoms with Crippen molar-refractivity contribution in [1.82, 2.24) is 4.98 Å². The van der Waals surface area contributed by atoms with Crippen LogP contribution in [0.4, 0.5) is 10.1 Å². The lowest BCUT2D eigenvalue weighted by Crippen LogP contribution is -1.98. The molecule has 2 aromatic rings. The predicted molar refractivity (Wildman–Crippen MR) is 65.3 cm³/mol. The molecule has 1 heterocycles. The smallest absolute Gasteiger partial charge is 0.136 e. The van der Waals surface area contributed by atoms with Crippen LogP contribution in [0.2, 0.25) is 0 Å². The highest BCUT2D eigenvalue weighted by molar-refractivity contribution is 5.75. The van der Waals surface area contributed by atoms with Gasteiger partial charge in [-0.25, -0.2) is 4.39 Å². The van der Waals surface area contributed by atoms with E-state index in [1.54, 1.807) is 24.4 Å². The van der Waals surface area contributed by atoms with E-state index in [0.717, 1.165) is 5.56 Å². The Kier molecular flexibility index (Phi) is 2.95. The minimum absolute atomic E-state index is 0.381. The Labute approximate surface area is 99.1 Å². The van der Waals surface area contributed by atoms with Crippen LogP contribution in [0.3, 0.4) is 0 Å². The van der Waals surface area contributed by atoms with E-state index in [-0.39, 0.29) is 0 Å². The zero-order valence-electron chi connectivity index (χ0n) is 9.70. The van der Waals surface area contributed by atoms with Crippen LogP contribution in [0.25, 0.3) is 11.3 Å². The molecule has 4 heteroatoms. The van der Waals surface area contributed by atoms with Gasteiger partial charge in [-0.3, -0.25) is 4.98 Å². The number of aryl methyl sites for hydroxylation is 1. The molecule has 0 unspecified atom stereocenters. The normalized spacial score (nSPS) is 10.3. The van der Waals surface area contributed by atoms with E-state index in [2.05, 4.69) is 4.98 Å². The SMILES string of the molecule is COc1ccc(-c2nccc(C)c2N)c(F)c1. The fourth-order valence-corrected chi connectivity index (χ4v) is 1.60. The standard InChI is InChI=1S/C13H13FN2O/c1-8-5-6-16-13(12(8)15)10-4-3-9(17-2)7-11(10)14/h3-7H,15H2,1-2H3. The molecule has 0 radical (unpaired) electrons. The summed E-state index contributed by atoms with van der Waals surface area (Å²) in [7, 11) is 1.49. The second kappa shape index (κ2) is 4.41. The van der Waals surface area contributed by atoms with Gasteiger partial charge >= 0.3 is 0 Å². The summed E-state index contributed by atoms with van der Waals surface area (Å²) in [5, 5.41) is 0. The molecule has 0 amide bonds. The Bertz CT molecular complexity index is 555. The highest BCUT2D eigenvalue weighted by Gasteiger charge is 2.11. The Morgan fingerprint density at radius 3 is 2.71 bits per heavy atom. The van der Waals surface area contributed by atoms with Crippen molar-refractivity contribution in [2.45, 2.75) is 6.92 Å². The van der Waals surface area contributed by atoms with Gasteiger partial charge < -0.3 is 10.5 Å². The first-order chi connectivity index (χ1) is 8.13. The van der Waals surface area contributed by atoms with E-state index in [0.29, 0.717) is 22.7 Å². The highest BCUT2D eigenvalue weighted by Crippen LogP contribution is 2.29. The van der Waals surface area contributed by atoms with Crippen molar-refractivity contribution in [3.63, 3.8) is 0 Å². The third kappa shape index (κ3) is 2.06. The monoisotopic (exact) mass is 232 g/mol. The van der Waals surface area contributed by atoms with Gasteiger partial charge in [0, 0.05) is 17.8 Å². The van der Waals surface area contributed by atoms with E-state index >= 15 is 0 Å². The van der Waals surface area contributed by atoms with Crippen molar-refractivity contribution < 1.29 is 9.13 Å². The number of anilines is 1. The maximum Gasteiger partial charge on any atom is 0.136 e. The Hall–Kier alpha value is -2.10. The molecule has 0 atom stereocenters. The lowest BCUT2D eigenvalue weighted by molar-refractivity contribution is 0.411. The first-order valence-corrected chi connectivity index (χ1v) is 5.18. The second-order valence-corrected chi connectivity index (χ2v) is 3.74. The predicted octanol–water partition coefficient (Wildman–Crippen LogP) is 2.79. The minimum Gasteiger partial charge on any atom is -0.497 e. The number of pyridine rings is 1. The maximum atomic E-state index is 13.9. The number of nitrogen functional groups attached to an aromatic ring is 1. The molecule has 0 fully saturated rings. The molecule has 2 rings (SSSR count). The van der Waals surface area contributed by atoms with E-state index in [9.17, 15) is 4.39 Å². The summed E-state index contributed by atoms with van der Waals surface area (Å²) >= 11 is 0. The number of methoxy groups -OCH3 is 1. The molecule has 0 aliphatic carbocycles. The highest BCUT2D eigenvalue weighted by atomic mass is 19.1. The van der Waals surface area contributed by atoms with E-state index < -0.39 is 5.82 Å². The van der Waals surface area contributed by atoms with Gasteiger partial charge in [0.2, 0.25) is 0 Å². The number of hydrogen-bond donors (Lipinski definition) is 1. The molecule has 17 heavy (non-hydrogen) atoms. The molecular formula is C13H13FN2O. The number of aromatic nitrogens is 1. The molecule has 88 valence electrons. The van der Waals surface area contributed by atoms with Crippen molar-refractivity contribution in [3.8, 4) is 17.0 Å². The number of benzene rings is 1.